The van der Waals surface area contributed by atoms with Crippen molar-refractivity contribution in [2.45, 2.75) is 6.54 Å². The molecular weight excluding hydrogens is 372 g/mol. The summed E-state index contributed by atoms with van der Waals surface area (Å²) in [7, 11) is 0. The van der Waals surface area contributed by atoms with Crippen LogP contribution >= 0.6 is 22.7 Å². The second-order valence-corrected chi connectivity index (χ2v) is 9.09. The number of benzene rings is 2. The van der Waals surface area contributed by atoms with Crippen LogP contribution in [0.15, 0.2) is 60.7 Å². The van der Waals surface area contributed by atoms with Gasteiger partial charge in [-0.3, -0.25) is 9.69 Å². The molecule has 0 saturated carbocycles. The molecule has 1 fully saturated rings. The zero-order chi connectivity index (χ0) is 18.2. The Morgan fingerprint density at radius 2 is 1.59 bits per heavy atom. The lowest BCUT2D eigenvalue weighted by atomic mass is 10.2. The van der Waals surface area contributed by atoms with Gasteiger partial charge in [-0.1, -0.05) is 48.5 Å². The SMILES string of the molecule is O=C(c1cc2sc3ccccc3c2s1)N1CCN(Cc2ccccc2)CC1. The van der Waals surface area contributed by atoms with Crippen molar-refractivity contribution >= 4 is 48.1 Å². The number of fused-ring (bicyclic) bond motifs is 3. The molecule has 1 aliphatic heterocycles. The van der Waals surface area contributed by atoms with Gasteiger partial charge in [0.25, 0.3) is 5.91 Å². The molecule has 5 heteroatoms. The van der Waals surface area contributed by atoms with Gasteiger partial charge in [0.1, 0.15) is 0 Å². The average molecular weight is 393 g/mol. The minimum absolute atomic E-state index is 0.187. The van der Waals surface area contributed by atoms with Crippen molar-refractivity contribution < 1.29 is 4.79 Å². The highest BCUT2D eigenvalue weighted by Gasteiger charge is 2.24. The number of nitrogens with zero attached hydrogens (tertiary/aromatic N) is 2. The Hall–Kier alpha value is -2.21. The summed E-state index contributed by atoms with van der Waals surface area (Å²) in [6.45, 7) is 4.44. The van der Waals surface area contributed by atoms with E-state index in [1.807, 2.05) is 4.90 Å². The summed E-state index contributed by atoms with van der Waals surface area (Å²) in [6.07, 6.45) is 0. The van der Waals surface area contributed by atoms with Crippen LogP contribution in [0.3, 0.4) is 0 Å². The first kappa shape index (κ1) is 16.9. The third-order valence-electron chi connectivity index (χ3n) is 5.17. The van der Waals surface area contributed by atoms with Crippen LogP contribution in [0.4, 0.5) is 0 Å². The van der Waals surface area contributed by atoms with E-state index in [9.17, 15) is 4.79 Å². The van der Waals surface area contributed by atoms with Gasteiger partial charge in [-0.2, -0.15) is 0 Å². The van der Waals surface area contributed by atoms with E-state index in [0.29, 0.717) is 0 Å². The fourth-order valence-electron chi connectivity index (χ4n) is 3.71. The van der Waals surface area contributed by atoms with Crippen LogP contribution in [0.5, 0.6) is 0 Å². The maximum atomic E-state index is 13.0. The number of thiophene rings is 2. The van der Waals surface area contributed by atoms with Gasteiger partial charge in [0.2, 0.25) is 0 Å². The van der Waals surface area contributed by atoms with Gasteiger partial charge < -0.3 is 4.90 Å². The van der Waals surface area contributed by atoms with Gasteiger partial charge >= 0.3 is 0 Å². The first-order valence-corrected chi connectivity index (χ1v) is 10.9. The van der Waals surface area contributed by atoms with Crippen LogP contribution in [-0.4, -0.2) is 41.9 Å². The number of piperazine rings is 1. The largest absolute Gasteiger partial charge is 0.335 e. The lowest BCUT2D eigenvalue weighted by Crippen LogP contribution is -2.48. The van der Waals surface area contributed by atoms with Gasteiger partial charge in [-0.15, -0.1) is 22.7 Å². The Morgan fingerprint density at radius 3 is 2.41 bits per heavy atom. The summed E-state index contributed by atoms with van der Waals surface area (Å²) in [5, 5.41) is 1.27. The topological polar surface area (TPSA) is 23.6 Å². The molecule has 136 valence electrons. The first-order chi connectivity index (χ1) is 13.3. The molecule has 0 atom stereocenters. The third kappa shape index (κ3) is 3.27. The highest BCUT2D eigenvalue weighted by atomic mass is 32.1. The van der Waals surface area contributed by atoms with Crippen LogP contribution in [0.1, 0.15) is 15.2 Å². The van der Waals surface area contributed by atoms with Crippen molar-refractivity contribution in [3.05, 3.63) is 71.1 Å². The standard InChI is InChI=1S/C22H20N2OS2/c25-22(20-14-19-21(27-20)17-8-4-5-9-18(17)26-19)24-12-10-23(11-13-24)15-16-6-2-1-3-7-16/h1-9,14H,10-13,15H2. The van der Waals surface area contributed by atoms with Gasteiger partial charge in [-0.05, 0) is 17.7 Å². The quantitative estimate of drug-likeness (QED) is 0.486. The summed E-state index contributed by atoms with van der Waals surface area (Å²) < 4.78 is 3.78. The number of amides is 1. The maximum Gasteiger partial charge on any atom is 0.264 e. The Labute approximate surface area is 166 Å². The van der Waals surface area contributed by atoms with E-state index in [0.717, 1.165) is 37.6 Å². The highest BCUT2D eigenvalue weighted by Crippen LogP contribution is 2.39. The highest BCUT2D eigenvalue weighted by molar-refractivity contribution is 7.33. The minimum atomic E-state index is 0.187. The molecule has 2 aromatic carbocycles. The molecule has 1 aliphatic rings. The molecule has 0 radical (unpaired) electrons. The number of carbonyl (C=O) groups is 1. The third-order valence-corrected chi connectivity index (χ3v) is 7.57. The molecule has 4 aromatic rings. The predicted molar refractivity (Wildman–Crippen MR) is 115 cm³/mol. The van der Waals surface area contributed by atoms with Crippen LogP contribution < -0.4 is 0 Å². The molecule has 3 nitrogen and oxygen atoms in total. The summed E-state index contributed by atoms with van der Waals surface area (Å²) in [6, 6.07) is 21.1. The maximum absolute atomic E-state index is 13.0. The molecule has 0 N–H and O–H groups in total. The van der Waals surface area contributed by atoms with Crippen LogP contribution in [0.25, 0.3) is 19.5 Å². The van der Waals surface area contributed by atoms with E-state index in [1.54, 1.807) is 22.7 Å². The van der Waals surface area contributed by atoms with E-state index < -0.39 is 0 Å². The number of hydrogen-bond acceptors (Lipinski definition) is 4. The van der Waals surface area contributed by atoms with Gasteiger partial charge in [0.15, 0.2) is 0 Å². The number of hydrogen-bond donors (Lipinski definition) is 0. The van der Waals surface area contributed by atoms with Crippen LogP contribution in [-0.2, 0) is 6.54 Å². The van der Waals surface area contributed by atoms with Crippen molar-refractivity contribution in [3.63, 3.8) is 0 Å². The van der Waals surface area contributed by atoms with Crippen molar-refractivity contribution in [1.29, 1.82) is 0 Å². The first-order valence-electron chi connectivity index (χ1n) is 9.24. The molecule has 0 spiro atoms. The van der Waals surface area contributed by atoms with Crippen molar-refractivity contribution in [2.24, 2.45) is 0 Å². The fourth-order valence-corrected chi connectivity index (χ4v) is 6.20. The lowest BCUT2D eigenvalue weighted by molar-refractivity contribution is 0.0633. The number of carbonyl (C=O) groups excluding carboxylic acids is 1. The molecule has 0 aliphatic carbocycles. The van der Waals surface area contributed by atoms with Crippen molar-refractivity contribution in [1.82, 2.24) is 9.80 Å². The summed E-state index contributed by atoms with van der Waals surface area (Å²) in [5.41, 5.74) is 1.34. The van der Waals surface area contributed by atoms with Crippen LogP contribution in [0, 0.1) is 0 Å². The molecule has 0 unspecified atom stereocenters. The Kier molecular flexibility index (Phi) is 4.44. The Bertz CT molecular complexity index is 1090. The van der Waals surface area contributed by atoms with E-state index in [4.69, 9.17) is 0 Å². The van der Waals surface area contributed by atoms with Gasteiger partial charge in [-0.25, -0.2) is 0 Å². The minimum Gasteiger partial charge on any atom is -0.335 e. The van der Waals surface area contributed by atoms with E-state index in [2.05, 4.69) is 65.6 Å². The molecular formula is C22H20N2OS2. The zero-order valence-corrected chi connectivity index (χ0v) is 16.6. The van der Waals surface area contributed by atoms with E-state index in [1.165, 1.54) is 25.0 Å². The lowest BCUT2D eigenvalue weighted by Gasteiger charge is -2.34. The monoisotopic (exact) mass is 392 g/mol. The smallest absolute Gasteiger partial charge is 0.264 e. The average Bonchev–Trinajstić information content (AvgIpc) is 3.27. The summed E-state index contributed by atoms with van der Waals surface area (Å²) in [4.78, 5) is 18.3. The second kappa shape index (κ2) is 7.08. The second-order valence-electron chi connectivity index (χ2n) is 6.96. The molecule has 5 rings (SSSR count). The normalized spacial score (nSPS) is 15.6. The van der Waals surface area contributed by atoms with Crippen LogP contribution in [0.2, 0.25) is 0 Å². The molecule has 1 saturated heterocycles. The summed E-state index contributed by atoms with van der Waals surface area (Å²) >= 11 is 3.42. The van der Waals surface area contributed by atoms with E-state index in [-0.39, 0.29) is 5.91 Å². The molecule has 2 aromatic heterocycles. The zero-order valence-electron chi connectivity index (χ0n) is 14.9. The van der Waals surface area contributed by atoms with E-state index >= 15 is 0 Å². The molecule has 1 amide bonds. The van der Waals surface area contributed by atoms with Gasteiger partial charge in [0, 0.05) is 47.5 Å². The van der Waals surface area contributed by atoms with Gasteiger partial charge in [0.05, 0.1) is 9.58 Å². The number of rotatable bonds is 3. The molecule has 3 heterocycles. The molecule has 0 bridgehead atoms. The van der Waals surface area contributed by atoms with Crippen molar-refractivity contribution in [3.8, 4) is 0 Å². The Balaban J connectivity index is 1.28. The predicted octanol–water partition coefficient (Wildman–Crippen LogP) is 5.07. The molecule has 27 heavy (non-hydrogen) atoms. The van der Waals surface area contributed by atoms with Crippen molar-refractivity contribution in [2.75, 3.05) is 26.2 Å². The fraction of sp³-hybridized carbons (Fsp3) is 0.227. The Morgan fingerprint density at radius 1 is 0.852 bits per heavy atom. The summed E-state index contributed by atoms with van der Waals surface area (Å²) in [5.74, 6) is 0.187.